The topological polar surface area (TPSA) is 138 Å². The molecule has 1 atom stereocenters. The Labute approximate surface area is 207 Å². The van der Waals surface area contributed by atoms with E-state index in [2.05, 4.69) is 5.18 Å². The van der Waals surface area contributed by atoms with Crippen LogP contribution in [0.3, 0.4) is 0 Å². The van der Waals surface area contributed by atoms with Crippen molar-refractivity contribution in [3.8, 4) is 5.75 Å². The van der Waals surface area contributed by atoms with Crippen LogP contribution in [-0.2, 0) is 27.6 Å². The Balaban J connectivity index is 1.92. The average Bonchev–Trinajstić information content (AvgIpc) is 3.21. The first-order chi connectivity index (χ1) is 17.3. The summed E-state index contributed by atoms with van der Waals surface area (Å²) in [5, 5.41) is 2.91. The summed E-state index contributed by atoms with van der Waals surface area (Å²) in [6.45, 7) is 2.19. The summed E-state index contributed by atoms with van der Waals surface area (Å²) >= 11 is 0. The van der Waals surface area contributed by atoms with Crippen molar-refractivity contribution in [1.82, 2.24) is 4.57 Å². The molecule has 1 heterocycles. The van der Waals surface area contributed by atoms with Gasteiger partial charge in [0.05, 0.1) is 21.4 Å². The number of nitrogens with two attached hydrogens (primary N) is 1. The molecule has 184 valence electrons. The quantitative estimate of drug-likeness (QED) is 0.198. The van der Waals surface area contributed by atoms with E-state index in [4.69, 9.17) is 10.5 Å². The number of hydrogen-bond donors (Lipinski definition) is 1. The summed E-state index contributed by atoms with van der Waals surface area (Å²) in [7, 11) is -4.31. The molecular formula is C26H23N3O6S. The molecule has 1 amide bonds. The Morgan fingerprint density at radius 1 is 0.972 bits per heavy atom. The predicted octanol–water partition coefficient (Wildman–Crippen LogP) is 3.82. The van der Waals surface area contributed by atoms with Gasteiger partial charge in [0.25, 0.3) is 11.7 Å². The third-order valence-corrected chi connectivity index (χ3v) is 7.42. The number of carbonyl (C=O) groups is 2. The molecule has 2 N–H and O–H groups in total. The molecule has 0 aliphatic heterocycles. The number of fused-ring (bicyclic) bond motifs is 1. The molecule has 0 aliphatic rings. The molecule has 10 heteroatoms. The van der Waals surface area contributed by atoms with Gasteiger partial charge in [0.15, 0.2) is 0 Å². The second-order valence-electron chi connectivity index (χ2n) is 7.98. The van der Waals surface area contributed by atoms with Crippen LogP contribution in [0.5, 0.6) is 5.75 Å². The number of nitrogens with zero attached hydrogens (tertiary/aromatic N) is 2. The Morgan fingerprint density at radius 3 is 2.19 bits per heavy atom. The van der Waals surface area contributed by atoms with Crippen LogP contribution in [0.2, 0.25) is 0 Å². The Hall–Kier alpha value is -4.31. The van der Waals surface area contributed by atoms with Crippen LogP contribution in [0.15, 0.2) is 88.9 Å². The van der Waals surface area contributed by atoms with E-state index in [9.17, 15) is 22.9 Å². The van der Waals surface area contributed by atoms with Crippen molar-refractivity contribution in [3.05, 3.63) is 101 Å². The molecule has 0 fully saturated rings. The number of aromatic nitrogens is 1. The van der Waals surface area contributed by atoms with Crippen molar-refractivity contribution in [1.29, 1.82) is 0 Å². The number of carbonyl (C=O) groups excluding carboxylic acids is 2. The lowest BCUT2D eigenvalue weighted by Gasteiger charge is -2.15. The standard InChI is InChI=1S/C26H23N3O6S/c1-2-19-23(24(30)25(27)31)22-20(29(19)16-17-10-5-3-6-11-17)14-9-15-21(22)35-26(28-32)36(33,34)18-12-7-4-8-13-18/h3-15,26H,2,16H2,1H3,(H2,27,31). The maximum Gasteiger partial charge on any atom is 0.334 e. The van der Waals surface area contributed by atoms with Gasteiger partial charge < -0.3 is 15.0 Å². The highest BCUT2D eigenvalue weighted by atomic mass is 32.2. The van der Waals surface area contributed by atoms with Crippen molar-refractivity contribution in [2.75, 3.05) is 0 Å². The van der Waals surface area contributed by atoms with Crippen molar-refractivity contribution >= 4 is 32.4 Å². The molecule has 0 saturated carbocycles. The van der Waals surface area contributed by atoms with Gasteiger partial charge in [0.1, 0.15) is 5.75 Å². The lowest BCUT2D eigenvalue weighted by atomic mass is 10.0. The number of Topliss-reactive ketones (excluding diaryl/α,β-unsaturated/α-hetero) is 1. The number of sulfone groups is 1. The SMILES string of the molecule is CCc1c(C(=O)C(N)=O)c2c(OC(N=O)S(=O)(=O)c3ccccc3)cccc2n1Cc1ccccc1. The normalized spacial score (nSPS) is 12.2. The molecule has 0 spiro atoms. The predicted molar refractivity (Wildman–Crippen MR) is 134 cm³/mol. The number of ether oxygens (including phenoxy) is 1. The zero-order chi connectivity index (χ0) is 25.9. The lowest BCUT2D eigenvalue weighted by Crippen LogP contribution is -2.26. The molecule has 0 radical (unpaired) electrons. The molecule has 9 nitrogen and oxygen atoms in total. The highest BCUT2D eigenvalue weighted by molar-refractivity contribution is 7.91. The monoisotopic (exact) mass is 505 g/mol. The molecule has 0 saturated heterocycles. The summed E-state index contributed by atoms with van der Waals surface area (Å²) in [5.74, 6) is -2.19. The van der Waals surface area contributed by atoms with Gasteiger partial charge in [-0.25, -0.2) is 8.42 Å². The highest BCUT2D eigenvalue weighted by Gasteiger charge is 2.33. The van der Waals surface area contributed by atoms with Crippen LogP contribution in [-0.4, -0.2) is 30.2 Å². The Bertz CT molecular complexity index is 1550. The molecule has 1 unspecified atom stereocenters. The largest absolute Gasteiger partial charge is 0.451 e. The smallest absolute Gasteiger partial charge is 0.334 e. The second kappa shape index (κ2) is 10.1. The molecule has 3 aromatic carbocycles. The van der Waals surface area contributed by atoms with Gasteiger partial charge in [-0.2, -0.15) is 0 Å². The minimum absolute atomic E-state index is 0.00768. The van der Waals surface area contributed by atoms with Crippen LogP contribution in [0.1, 0.15) is 28.5 Å². The van der Waals surface area contributed by atoms with E-state index >= 15 is 0 Å². The van der Waals surface area contributed by atoms with Gasteiger partial charge in [0, 0.05) is 12.2 Å². The second-order valence-corrected chi connectivity index (χ2v) is 9.94. The third-order valence-electron chi connectivity index (χ3n) is 5.78. The summed E-state index contributed by atoms with van der Waals surface area (Å²) in [6.07, 6.45) is 0.368. The van der Waals surface area contributed by atoms with E-state index in [1.165, 1.54) is 30.3 Å². The minimum atomic E-state index is -4.31. The van der Waals surface area contributed by atoms with Crippen LogP contribution in [0, 0.1) is 4.91 Å². The van der Waals surface area contributed by atoms with Gasteiger partial charge in [-0.3, -0.25) is 9.59 Å². The molecule has 0 aliphatic carbocycles. The number of nitroso groups, excluding NO2 is 1. The van der Waals surface area contributed by atoms with Crippen LogP contribution in [0.25, 0.3) is 10.9 Å². The van der Waals surface area contributed by atoms with E-state index in [0.29, 0.717) is 24.2 Å². The maximum absolute atomic E-state index is 13.0. The first kappa shape index (κ1) is 24.8. The fourth-order valence-electron chi connectivity index (χ4n) is 4.18. The number of amides is 1. The van der Waals surface area contributed by atoms with Crippen molar-refractivity contribution in [2.45, 2.75) is 30.3 Å². The molecule has 0 bridgehead atoms. The zero-order valence-corrected chi connectivity index (χ0v) is 20.1. The van der Waals surface area contributed by atoms with E-state index in [0.717, 1.165) is 5.56 Å². The van der Waals surface area contributed by atoms with Crippen LogP contribution >= 0.6 is 0 Å². The summed E-state index contributed by atoms with van der Waals surface area (Å²) in [6, 6.07) is 21.5. The number of ketones is 1. The number of primary amides is 1. The molecule has 4 rings (SSSR count). The maximum atomic E-state index is 13.0. The minimum Gasteiger partial charge on any atom is -0.451 e. The lowest BCUT2D eigenvalue weighted by molar-refractivity contribution is -0.114. The van der Waals surface area contributed by atoms with Crippen molar-refractivity contribution in [2.24, 2.45) is 10.9 Å². The molecule has 36 heavy (non-hydrogen) atoms. The van der Waals surface area contributed by atoms with E-state index in [1.54, 1.807) is 18.2 Å². The van der Waals surface area contributed by atoms with E-state index in [-0.39, 0.29) is 21.6 Å². The number of benzene rings is 3. The summed E-state index contributed by atoms with van der Waals surface area (Å²) in [4.78, 5) is 36.5. The van der Waals surface area contributed by atoms with Gasteiger partial charge in [-0.05, 0) is 41.4 Å². The average molecular weight is 506 g/mol. The van der Waals surface area contributed by atoms with Crippen molar-refractivity contribution in [3.63, 3.8) is 0 Å². The first-order valence-corrected chi connectivity index (χ1v) is 12.6. The first-order valence-electron chi connectivity index (χ1n) is 11.1. The van der Waals surface area contributed by atoms with Gasteiger partial charge in [-0.15, -0.1) is 4.91 Å². The number of hydrogen-bond acceptors (Lipinski definition) is 7. The fourth-order valence-corrected chi connectivity index (χ4v) is 5.29. The summed E-state index contributed by atoms with van der Waals surface area (Å²) < 4.78 is 33.6. The number of rotatable bonds is 10. The van der Waals surface area contributed by atoms with Gasteiger partial charge >= 0.3 is 5.56 Å². The zero-order valence-electron chi connectivity index (χ0n) is 19.3. The van der Waals surface area contributed by atoms with Gasteiger partial charge in [0.2, 0.25) is 9.84 Å². The van der Waals surface area contributed by atoms with Crippen molar-refractivity contribution < 1.29 is 22.7 Å². The molecule has 1 aromatic heterocycles. The highest BCUT2D eigenvalue weighted by Crippen LogP contribution is 2.36. The van der Waals surface area contributed by atoms with Crippen LogP contribution in [0.4, 0.5) is 0 Å². The molecule has 4 aromatic rings. The fraction of sp³-hybridized carbons (Fsp3) is 0.154. The van der Waals surface area contributed by atoms with E-state index in [1.807, 2.05) is 41.8 Å². The van der Waals surface area contributed by atoms with E-state index < -0.39 is 27.1 Å². The Kier molecular flexibility index (Phi) is 6.98. The third kappa shape index (κ3) is 4.50. The molecular weight excluding hydrogens is 482 g/mol. The van der Waals surface area contributed by atoms with Gasteiger partial charge in [-0.1, -0.05) is 61.5 Å². The summed E-state index contributed by atoms with van der Waals surface area (Å²) in [5.41, 5.74) is 5.23. The Morgan fingerprint density at radius 2 is 1.61 bits per heavy atom. The van der Waals surface area contributed by atoms with Crippen LogP contribution < -0.4 is 10.5 Å².